The second kappa shape index (κ2) is 5.11. The summed E-state index contributed by atoms with van der Waals surface area (Å²) in [6, 6.07) is 12.6. The molecule has 2 aromatic carbocycles. The third-order valence-corrected chi connectivity index (χ3v) is 2.69. The van der Waals surface area contributed by atoms with Gasteiger partial charge in [0.05, 0.1) is 0 Å². The van der Waals surface area contributed by atoms with E-state index in [4.69, 9.17) is 16.3 Å². The Hall–Kier alpha value is -1.67. The van der Waals surface area contributed by atoms with Gasteiger partial charge in [-0.05, 0) is 36.2 Å². The molecule has 0 aliphatic carbocycles. The van der Waals surface area contributed by atoms with Crippen LogP contribution in [0.15, 0.2) is 42.5 Å². The van der Waals surface area contributed by atoms with Crippen LogP contribution in [0.2, 0.25) is 5.02 Å². The summed E-state index contributed by atoms with van der Waals surface area (Å²) in [5.41, 5.74) is 1.19. The summed E-state index contributed by atoms with van der Waals surface area (Å²) in [5.74, 6) is 1.16. The third-order valence-electron chi connectivity index (χ3n) is 2.46. The molecule has 17 heavy (non-hydrogen) atoms. The summed E-state index contributed by atoms with van der Waals surface area (Å²) < 4.78 is 5.60. The van der Waals surface area contributed by atoms with E-state index in [9.17, 15) is 5.11 Å². The summed E-state index contributed by atoms with van der Waals surface area (Å²) in [4.78, 5) is 0. The van der Waals surface area contributed by atoms with E-state index in [1.807, 2.05) is 24.3 Å². The van der Waals surface area contributed by atoms with Gasteiger partial charge in [-0.15, -0.1) is 0 Å². The van der Waals surface area contributed by atoms with Gasteiger partial charge in [0.25, 0.3) is 0 Å². The van der Waals surface area contributed by atoms with Gasteiger partial charge in [-0.25, -0.2) is 0 Å². The predicted molar refractivity (Wildman–Crippen MR) is 69.0 cm³/mol. The number of benzene rings is 2. The number of aromatic hydroxyl groups is 1. The Morgan fingerprint density at radius 2 is 2.00 bits per heavy atom. The van der Waals surface area contributed by atoms with E-state index in [2.05, 4.69) is 6.92 Å². The van der Waals surface area contributed by atoms with Crippen molar-refractivity contribution in [1.29, 1.82) is 0 Å². The fourth-order valence-electron chi connectivity index (χ4n) is 1.53. The first-order valence-electron chi connectivity index (χ1n) is 5.44. The van der Waals surface area contributed by atoms with Crippen LogP contribution >= 0.6 is 11.6 Å². The van der Waals surface area contributed by atoms with Gasteiger partial charge in [-0.1, -0.05) is 30.7 Å². The molecule has 0 bridgehead atoms. The minimum atomic E-state index is 0.0411. The van der Waals surface area contributed by atoms with Crippen LogP contribution in [-0.4, -0.2) is 5.11 Å². The van der Waals surface area contributed by atoms with Gasteiger partial charge in [0.15, 0.2) is 11.5 Å². The molecule has 0 unspecified atom stereocenters. The maximum absolute atomic E-state index is 9.67. The normalized spacial score (nSPS) is 10.2. The fourth-order valence-corrected chi connectivity index (χ4v) is 1.70. The van der Waals surface area contributed by atoms with Crippen molar-refractivity contribution in [2.75, 3.05) is 0 Å². The van der Waals surface area contributed by atoms with Gasteiger partial charge < -0.3 is 9.84 Å². The molecule has 0 aliphatic heterocycles. The molecule has 0 aliphatic rings. The van der Waals surface area contributed by atoms with E-state index in [-0.39, 0.29) is 5.75 Å². The van der Waals surface area contributed by atoms with Gasteiger partial charge >= 0.3 is 0 Å². The van der Waals surface area contributed by atoms with Crippen LogP contribution in [0.25, 0.3) is 0 Å². The molecule has 0 heterocycles. The molecular formula is C14H13ClO2. The summed E-state index contributed by atoms with van der Waals surface area (Å²) in [7, 11) is 0. The molecular weight excluding hydrogens is 236 g/mol. The van der Waals surface area contributed by atoms with Gasteiger partial charge in [0.2, 0.25) is 0 Å². The van der Waals surface area contributed by atoms with Crippen LogP contribution in [0.4, 0.5) is 0 Å². The molecule has 0 aromatic heterocycles. The number of ether oxygens (including phenoxy) is 1. The van der Waals surface area contributed by atoms with Crippen LogP contribution < -0.4 is 4.74 Å². The lowest BCUT2D eigenvalue weighted by atomic mass is 10.2. The first-order valence-corrected chi connectivity index (χ1v) is 5.82. The summed E-state index contributed by atoms with van der Waals surface area (Å²) >= 11 is 5.75. The van der Waals surface area contributed by atoms with Gasteiger partial charge in [-0.3, -0.25) is 0 Å². The van der Waals surface area contributed by atoms with Crippen molar-refractivity contribution in [1.82, 2.24) is 0 Å². The molecule has 2 aromatic rings. The van der Waals surface area contributed by atoms with Crippen molar-refractivity contribution in [3.8, 4) is 17.2 Å². The minimum Gasteiger partial charge on any atom is -0.504 e. The fraction of sp³-hybridized carbons (Fsp3) is 0.143. The van der Waals surface area contributed by atoms with Crippen molar-refractivity contribution in [2.24, 2.45) is 0 Å². The highest BCUT2D eigenvalue weighted by molar-refractivity contribution is 6.30. The molecule has 0 amide bonds. The number of hydrogen-bond donors (Lipinski definition) is 1. The monoisotopic (exact) mass is 248 g/mol. The van der Waals surface area contributed by atoms with Gasteiger partial charge in [0.1, 0.15) is 5.75 Å². The number of halogens is 1. The molecule has 2 nitrogen and oxygen atoms in total. The van der Waals surface area contributed by atoms with E-state index in [1.54, 1.807) is 12.1 Å². The number of rotatable bonds is 3. The van der Waals surface area contributed by atoms with Crippen LogP contribution in [0.3, 0.4) is 0 Å². The highest BCUT2D eigenvalue weighted by Gasteiger charge is 2.04. The molecule has 0 radical (unpaired) electrons. The molecule has 0 saturated carbocycles. The topological polar surface area (TPSA) is 29.5 Å². The van der Waals surface area contributed by atoms with Gasteiger partial charge in [0, 0.05) is 11.1 Å². The van der Waals surface area contributed by atoms with Crippen molar-refractivity contribution >= 4 is 11.6 Å². The van der Waals surface area contributed by atoms with Crippen molar-refractivity contribution in [3.63, 3.8) is 0 Å². The number of phenols is 1. The highest BCUT2D eigenvalue weighted by atomic mass is 35.5. The zero-order chi connectivity index (χ0) is 12.3. The number of phenolic OH excluding ortho intramolecular Hbond substituents is 1. The Balaban J connectivity index is 2.25. The first kappa shape index (κ1) is 11.8. The second-order valence-corrected chi connectivity index (χ2v) is 4.15. The third kappa shape index (κ3) is 2.92. The Bertz CT molecular complexity index is 523. The van der Waals surface area contributed by atoms with Crippen molar-refractivity contribution in [3.05, 3.63) is 53.1 Å². The maximum atomic E-state index is 9.67. The highest BCUT2D eigenvalue weighted by Crippen LogP contribution is 2.32. The predicted octanol–water partition coefficient (Wildman–Crippen LogP) is 4.40. The lowest BCUT2D eigenvalue weighted by Crippen LogP contribution is -1.86. The Kier molecular flexibility index (Phi) is 3.55. The Morgan fingerprint density at radius 3 is 2.71 bits per heavy atom. The maximum Gasteiger partial charge on any atom is 0.169 e. The average Bonchev–Trinajstić information content (AvgIpc) is 2.33. The van der Waals surface area contributed by atoms with E-state index in [0.29, 0.717) is 16.5 Å². The summed E-state index contributed by atoms with van der Waals surface area (Å²) in [6.45, 7) is 2.08. The minimum absolute atomic E-state index is 0.0411. The molecule has 2 rings (SSSR count). The molecule has 1 N–H and O–H groups in total. The van der Waals surface area contributed by atoms with Crippen LogP contribution in [0, 0.1) is 0 Å². The lowest BCUT2D eigenvalue weighted by Gasteiger charge is -2.08. The second-order valence-electron chi connectivity index (χ2n) is 3.72. The Labute approximate surface area is 105 Å². The molecule has 0 atom stereocenters. The lowest BCUT2D eigenvalue weighted by molar-refractivity contribution is 0.411. The molecule has 0 spiro atoms. The first-order chi connectivity index (χ1) is 8.19. The quantitative estimate of drug-likeness (QED) is 0.872. The number of aryl methyl sites for hydroxylation is 1. The smallest absolute Gasteiger partial charge is 0.169 e. The van der Waals surface area contributed by atoms with Crippen LogP contribution in [-0.2, 0) is 6.42 Å². The molecule has 0 fully saturated rings. The van der Waals surface area contributed by atoms with Crippen molar-refractivity contribution < 1.29 is 9.84 Å². The average molecular weight is 249 g/mol. The number of hydrogen-bond acceptors (Lipinski definition) is 2. The zero-order valence-electron chi connectivity index (χ0n) is 9.48. The van der Waals surface area contributed by atoms with E-state index in [1.165, 1.54) is 11.6 Å². The standard InChI is InChI=1S/C14H13ClO2/c1-2-10-4-3-5-12(8-10)17-14-7-6-11(15)9-13(14)16/h3-9,16H,2H2,1H3. The van der Waals surface area contributed by atoms with E-state index in [0.717, 1.165) is 6.42 Å². The largest absolute Gasteiger partial charge is 0.504 e. The Morgan fingerprint density at radius 1 is 1.18 bits per heavy atom. The van der Waals surface area contributed by atoms with E-state index < -0.39 is 0 Å². The van der Waals surface area contributed by atoms with Crippen LogP contribution in [0.5, 0.6) is 17.2 Å². The van der Waals surface area contributed by atoms with Crippen LogP contribution in [0.1, 0.15) is 12.5 Å². The zero-order valence-corrected chi connectivity index (χ0v) is 10.2. The molecule has 0 saturated heterocycles. The van der Waals surface area contributed by atoms with Crippen molar-refractivity contribution in [2.45, 2.75) is 13.3 Å². The molecule has 88 valence electrons. The summed E-state index contributed by atoms with van der Waals surface area (Å²) in [6.07, 6.45) is 0.948. The molecule has 3 heteroatoms. The van der Waals surface area contributed by atoms with Gasteiger partial charge in [-0.2, -0.15) is 0 Å². The van der Waals surface area contributed by atoms with E-state index >= 15 is 0 Å². The summed E-state index contributed by atoms with van der Waals surface area (Å²) in [5, 5.41) is 10.2. The SMILES string of the molecule is CCc1cccc(Oc2ccc(Cl)cc2O)c1.